The fourth-order valence-corrected chi connectivity index (χ4v) is 1.02. The van der Waals surface area contributed by atoms with Crippen LogP contribution in [-0.2, 0) is 9.59 Å². The molecule has 0 bridgehead atoms. The van der Waals surface area contributed by atoms with Crippen molar-refractivity contribution in [1.82, 2.24) is 5.32 Å². The first-order valence-corrected chi connectivity index (χ1v) is 4.55. The van der Waals surface area contributed by atoms with Gasteiger partial charge in [-0.2, -0.15) is 0 Å². The van der Waals surface area contributed by atoms with Gasteiger partial charge in [0, 0.05) is 0 Å². The van der Waals surface area contributed by atoms with Gasteiger partial charge < -0.3 is 0 Å². The van der Waals surface area contributed by atoms with E-state index in [2.05, 4.69) is 11.9 Å². The van der Waals surface area contributed by atoms with E-state index in [9.17, 15) is 9.59 Å². The summed E-state index contributed by atoms with van der Waals surface area (Å²) in [4.78, 5) is 22.1. The van der Waals surface area contributed by atoms with Crippen LogP contribution in [0.2, 0.25) is 0 Å². The number of allylic oxidation sites excluding steroid dienone is 1. The fraction of sp³-hybridized carbons (Fsp3) is 0.273. The van der Waals surface area contributed by atoms with Crippen LogP contribution in [0.3, 0.4) is 0 Å². The lowest BCUT2D eigenvalue weighted by Gasteiger charge is -1.88. The van der Waals surface area contributed by atoms with Crippen molar-refractivity contribution in [1.29, 1.82) is 0 Å². The summed E-state index contributed by atoms with van der Waals surface area (Å²) in [6, 6.07) is 0. The van der Waals surface area contributed by atoms with Crippen molar-refractivity contribution in [2.75, 3.05) is 0 Å². The van der Waals surface area contributed by atoms with Crippen molar-refractivity contribution in [3.05, 3.63) is 36.0 Å². The number of hydrogen-bond acceptors (Lipinski definition) is 2. The molecule has 0 unspecified atom stereocenters. The molecular weight excluding hydrogens is 178 g/mol. The Balaban J connectivity index is 0.000000791. The summed E-state index contributed by atoms with van der Waals surface area (Å²) in [5.41, 5.74) is 0.732. The molecule has 0 aromatic carbocycles. The van der Waals surface area contributed by atoms with Gasteiger partial charge in [0.1, 0.15) is 0 Å². The highest BCUT2D eigenvalue weighted by atomic mass is 16.2. The molecule has 0 aliphatic carbocycles. The number of nitrogens with one attached hydrogen (secondary N) is 1. The minimum Gasteiger partial charge on any atom is -0.288 e. The zero-order chi connectivity index (χ0) is 11.1. The van der Waals surface area contributed by atoms with Crippen LogP contribution in [0.25, 0.3) is 0 Å². The van der Waals surface area contributed by atoms with Crippen LogP contribution in [0.1, 0.15) is 20.8 Å². The maximum absolute atomic E-state index is 11.1. The standard InChI is InChI=1S/C9H9NO2.C2H6/c1-3-5-7-6(4-2)8(11)10-9(7)12;1-2/h3-5H,2H2,1H3,(H,10,11,12);1-2H3/b5-3-;. The minimum absolute atomic E-state index is 0.345. The summed E-state index contributed by atoms with van der Waals surface area (Å²) in [6.45, 7) is 9.24. The Kier molecular flexibility index (Phi) is 5.22. The van der Waals surface area contributed by atoms with Crippen molar-refractivity contribution in [3.8, 4) is 0 Å². The smallest absolute Gasteiger partial charge is 0.258 e. The molecule has 76 valence electrons. The van der Waals surface area contributed by atoms with Crippen LogP contribution in [0, 0.1) is 0 Å². The van der Waals surface area contributed by atoms with Crippen molar-refractivity contribution in [3.63, 3.8) is 0 Å². The molecule has 0 spiro atoms. The molecule has 1 heterocycles. The van der Waals surface area contributed by atoms with Crippen molar-refractivity contribution < 1.29 is 9.59 Å². The fourth-order valence-electron chi connectivity index (χ4n) is 1.02. The maximum atomic E-state index is 11.1. The van der Waals surface area contributed by atoms with Crippen LogP contribution in [0.4, 0.5) is 0 Å². The largest absolute Gasteiger partial charge is 0.288 e. The third-order valence-electron chi connectivity index (χ3n) is 1.54. The number of hydrogen-bond donors (Lipinski definition) is 1. The highest BCUT2D eigenvalue weighted by Gasteiger charge is 2.25. The van der Waals surface area contributed by atoms with E-state index < -0.39 is 0 Å². The third-order valence-corrected chi connectivity index (χ3v) is 1.54. The van der Waals surface area contributed by atoms with Gasteiger partial charge in [0.2, 0.25) is 0 Å². The molecule has 14 heavy (non-hydrogen) atoms. The Morgan fingerprint density at radius 1 is 1.14 bits per heavy atom. The van der Waals surface area contributed by atoms with E-state index >= 15 is 0 Å². The Morgan fingerprint density at radius 3 is 2.07 bits per heavy atom. The highest BCUT2D eigenvalue weighted by molar-refractivity contribution is 6.21. The second-order valence-electron chi connectivity index (χ2n) is 2.31. The predicted molar refractivity (Wildman–Crippen MR) is 56.5 cm³/mol. The normalized spacial score (nSPS) is 15.4. The number of rotatable bonds is 2. The van der Waals surface area contributed by atoms with E-state index in [4.69, 9.17) is 0 Å². The van der Waals surface area contributed by atoms with Gasteiger partial charge in [-0.05, 0) is 6.92 Å². The molecule has 1 rings (SSSR count). The number of imide groups is 1. The lowest BCUT2D eigenvalue weighted by atomic mass is 10.1. The monoisotopic (exact) mass is 193 g/mol. The molecule has 3 nitrogen and oxygen atoms in total. The molecule has 2 amide bonds. The first-order chi connectivity index (χ1) is 6.70. The van der Waals surface area contributed by atoms with Crippen molar-refractivity contribution >= 4 is 11.8 Å². The molecule has 1 aliphatic heterocycles. The number of carbonyl (C=O) groups excluding carboxylic acids is 2. The molecular formula is C11H15NO2. The summed E-state index contributed by atoms with van der Waals surface area (Å²) in [5.74, 6) is -0.726. The molecule has 0 radical (unpaired) electrons. The van der Waals surface area contributed by atoms with E-state index in [-0.39, 0.29) is 11.8 Å². The molecule has 3 heteroatoms. The van der Waals surface area contributed by atoms with Gasteiger partial charge in [-0.25, -0.2) is 0 Å². The van der Waals surface area contributed by atoms with Crippen LogP contribution >= 0.6 is 0 Å². The lowest BCUT2D eigenvalue weighted by Crippen LogP contribution is -2.22. The second-order valence-corrected chi connectivity index (χ2v) is 2.31. The summed E-state index contributed by atoms with van der Waals surface area (Å²) in [5, 5.41) is 2.18. The van der Waals surface area contributed by atoms with Crippen LogP contribution in [-0.4, -0.2) is 11.8 Å². The molecule has 0 saturated heterocycles. The van der Waals surface area contributed by atoms with Crippen molar-refractivity contribution in [2.45, 2.75) is 20.8 Å². The molecule has 0 saturated carbocycles. The molecule has 1 N–H and O–H groups in total. The predicted octanol–water partition coefficient (Wildman–Crippen LogP) is 1.73. The Labute approximate surface area is 84.2 Å². The van der Waals surface area contributed by atoms with Gasteiger partial charge >= 0.3 is 0 Å². The zero-order valence-electron chi connectivity index (χ0n) is 8.76. The zero-order valence-corrected chi connectivity index (χ0v) is 8.76. The Morgan fingerprint density at radius 2 is 1.64 bits per heavy atom. The highest BCUT2D eigenvalue weighted by Crippen LogP contribution is 2.14. The van der Waals surface area contributed by atoms with E-state index in [1.54, 1.807) is 19.1 Å². The van der Waals surface area contributed by atoms with E-state index in [1.165, 1.54) is 6.08 Å². The van der Waals surface area contributed by atoms with Gasteiger partial charge in [0.15, 0.2) is 0 Å². The summed E-state index contributed by atoms with van der Waals surface area (Å²) in [6.07, 6.45) is 4.68. The Hall–Kier alpha value is -1.64. The molecule has 1 aliphatic rings. The lowest BCUT2D eigenvalue weighted by molar-refractivity contribution is -0.123. The Bertz CT molecular complexity index is 311. The SMILES string of the molecule is C=CC1=C(/C=C\C)C(=O)NC1=O.CC. The minimum atomic E-state index is -0.372. The van der Waals surface area contributed by atoms with Crippen molar-refractivity contribution in [2.24, 2.45) is 0 Å². The molecule has 0 fully saturated rings. The quantitative estimate of drug-likeness (QED) is 0.679. The van der Waals surface area contributed by atoms with E-state index in [1.807, 2.05) is 13.8 Å². The molecule has 0 atom stereocenters. The van der Waals surface area contributed by atoms with Gasteiger partial charge in [-0.3, -0.25) is 14.9 Å². The van der Waals surface area contributed by atoms with E-state index in [0.29, 0.717) is 11.1 Å². The maximum Gasteiger partial charge on any atom is 0.258 e. The molecule has 0 aromatic rings. The number of carbonyl (C=O) groups is 2. The summed E-state index contributed by atoms with van der Waals surface area (Å²) in [7, 11) is 0. The topological polar surface area (TPSA) is 46.2 Å². The summed E-state index contributed by atoms with van der Waals surface area (Å²) >= 11 is 0. The van der Waals surface area contributed by atoms with Crippen LogP contribution < -0.4 is 5.32 Å². The van der Waals surface area contributed by atoms with Gasteiger partial charge in [-0.15, -0.1) is 0 Å². The van der Waals surface area contributed by atoms with Gasteiger partial charge in [0.25, 0.3) is 11.8 Å². The first-order valence-electron chi connectivity index (χ1n) is 4.55. The van der Waals surface area contributed by atoms with Gasteiger partial charge in [0.05, 0.1) is 11.1 Å². The first kappa shape index (κ1) is 12.4. The summed E-state index contributed by atoms with van der Waals surface area (Å²) < 4.78 is 0. The average Bonchev–Trinajstić information content (AvgIpc) is 2.45. The van der Waals surface area contributed by atoms with E-state index in [0.717, 1.165) is 0 Å². The molecule has 0 aromatic heterocycles. The second kappa shape index (κ2) is 5.91. The van der Waals surface area contributed by atoms with Crippen LogP contribution in [0.15, 0.2) is 36.0 Å². The number of amides is 2. The van der Waals surface area contributed by atoms with Crippen LogP contribution in [0.5, 0.6) is 0 Å². The van der Waals surface area contributed by atoms with Gasteiger partial charge in [-0.1, -0.05) is 38.7 Å². The average molecular weight is 193 g/mol. The third kappa shape index (κ3) is 2.42.